The highest BCUT2D eigenvalue weighted by Crippen LogP contribution is 2.56. The van der Waals surface area contributed by atoms with Crippen molar-refractivity contribution in [3.63, 3.8) is 0 Å². The van der Waals surface area contributed by atoms with Crippen molar-refractivity contribution in [1.82, 2.24) is 39.0 Å². The van der Waals surface area contributed by atoms with Gasteiger partial charge in [0.05, 0.1) is 37.7 Å². The first-order chi connectivity index (χ1) is 21.9. The number of aliphatic hydroxyl groups is 1. The predicted molar refractivity (Wildman–Crippen MR) is 161 cm³/mol. The fourth-order valence-electron chi connectivity index (χ4n) is 5.74. The largest absolute Gasteiger partial charge is 0.395 e. The molecular weight excluding hydrogens is 697 g/mol. The number of fused-ring (bicyclic) bond motifs is 4. The first-order valence-electron chi connectivity index (χ1n) is 13.3. The van der Waals surface area contributed by atoms with E-state index in [0.717, 1.165) is 11.8 Å². The summed E-state index contributed by atoms with van der Waals surface area (Å²) in [6, 6.07) is 0. The molecule has 20 nitrogen and oxygen atoms in total. The van der Waals surface area contributed by atoms with Crippen LogP contribution in [-0.4, -0.2) is 109 Å². The Bertz CT molecular complexity index is 1950. The second-order valence-electron chi connectivity index (χ2n) is 10.5. The average Bonchev–Trinajstić information content (AvgIpc) is 3.81. The molecule has 3 aliphatic heterocycles. The first kappa shape index (κ1) is 31.9. The molecule has 4 aromatic heterocycles. The van der Waals surface area contributed by atoms with Crippen LogP contribution in [0.2, 0.25) is 0 Å². The quantitative estimate of drug-likeness (QED) is 0.108. The number of rotatable bonds is 10. The van der Waals surface area contributed by atoms with Gasteiger partial charge in [-0.2, -0.15) is 4.98 Å². The van der Waals surface area contributed by atoms with Gasteiger partial charge in [0, 0.05) is 0 Å². The molecule has 3 aliphatic rings. The fourth-order valence-corrected chi connectivity index (χ4v) is 9.22. The SMILES string of the molecule is Nc1nc2c(ncn2[C@@H]2S[C@H](CO)[C@H](F)[C@H]2OP(O)(=S)OC[C@@]23CO[C@@H]([C@H](n4cnc5c(N)ncnc54)O2)[C@@H]3O[PH](=O)O)c(=O)[nH]1. The first-order valence-corrected chi connectivity index (χ1v) is 18.1. The molecular formula is C21H25FN10O10P2S2. The molecule has 0 aromatic carbocycles. The Morgan fingerprint density at radius 1 is 1.24 bits per heavy atom. The van der Waals surface area contributed by atoms with E-state index < -0.39 is 80.7 Å². The van der Waals surface area contributed by atoms with Gasteiger partial charge >= 0.3 is 15.0 Å². The summed E-state index contributed by atoms with van der Waals surface area (Å²) in [5.41, 5.74) is 9.90. The van der Waals surface area contributed by atoms with Gasteiger partial charge in [0.15, 0.2) is 28.9 Å². The second kappa shape index (κ2) is 11.8. The molecule has 46 heavy (non-hydrogen) atoms. The molecule has 25 heteroatoms. The van der Waals surface area contributed by atoms with Crippen LogP contribution in [0.25, 0.3) is 22.3 Å². The molecule has 0 aliphatic carbocycles. The lowest BCUT2D eigenvalue weighted by Crippen LogP contribution is -2.45. The number of imidazole rings is 2. The maximum atomic E-state index is 15.6. The lowest BCUT2D eigenvalue weighted by Gasteiger charge is -2.33. The van der Waals surface area contributed by atoms with Gasteiger partial charge in [0.2, 0.25) is 5.95 Å². The number of anilines is 2. The minimum Gasteiger partial charge on any atom is -0.395 e. The van der Waals surface area contributed by atoms with Crippen molar-refractivity contribution in [3.8, 4) is 0 Å². The van der Waals surface area contributed by atoms with Gasteiger partial charge in [-0.25, -0.2) is 24.3 Å². The third-order valence-corrected chi connectivity index (χ3v) is 11.3. The number of thioether (sulfide) groups is 1. The molecule has 3 fully saturated rings. The van der Waals surface area contributed by atoms with Crippen LogP contribution in [0, 0.1) is 0 Å². The summed E-state index contributed by atoms with van der Waals surface area (Å²) in [4.78, 5) is 55.9. The summed E-state index contributed by atoms with van der Waals surface area (Å²) < 4.78 is 59.1. The minimum absolute atomic E-state index is 0.0157. The number of nitrogens with one attached hydrogen (secondary N) is 1. The number of hydrogen-bond donors (Lipinski definition) is 6. The highest BCUT2D eigenvalue weighted by molar-refractivity contribution is 8.07. The Labute approximate surface area is 265 Å². The van der Waals surface area contributed by atoms with Crippen LogP contribution in [0.5, 0.6) is 0 Å². The van der Waals surface area contributed by atoms with Crippen LogP contribution in [0.1, 0.15) is 11.6 Å². The molecule has 3 saturated heterocycles. The smallest absolute Gasteiger partial charge is 0.325 e. The van der Waals surface area contributed by atoms with E-state index in [0.29, 0.717) is 0 Å². The highest BCUT2D eigenvalue weighted by atomic mass is 32.5. The summed E-state index contributed by atoms with van der Waals surface area (Å²) in [6.07, 6.45) is -2.67. The van der Waals surface area contributed by atoms with Gasteiger partial charge in [-0.1, -0.05) is 0 Å². The highest BCUT2D eigenvalue weighted by Gasteiger charge is 2.64. The lowest BCUT2D eigenvalue weighted by atomic mass is 10.0. The number of H-pyrrole nitrogens is 1. The summed E-state index contributed by atoms with van der Waals surface area (Å²) in [7, 11) is -3.53. The number of aliphatic hydroxyl groups excluding tert-OH is 1. The van der Waals surface area contributed by atoms with Gasteiger partial charge in [-0.05, 0) is 11.8 Å². The average molecular weight is 723 g/mol. The topological polar surface area (TPSA) is 283 Å². The Balaban J connectivity index is 1.14. The number of ether oxygens (including phenoxy) is 2. The molecule has 0 amide bonds. The number of nitrogen functional groups attached to an aromatic ring is 2. The zero-order valence-corrected chi connectivity index (χ0v) is 26.5. The van der Waals surface area contributed by atoms with Crippen LogP contribution in [-0.2, 0) is 39.4 Å². The van der Waals surface area contributed by atoms with Crippen molar-refractivity contribution >= 4 is 72.6 Å². The molecule has 10 atom stereocenters. The van der Waals surface area contributed by atoms with Gasteiger partial charge in [-0.3, -0.25) is 28.0 Å². The van der Waals surface area contributed by atoms with Crippen LogP contribution in [0.15, 0.2) is 23.8 Å². The van der Waals surface area contributed by atoms with Crippen molar-refractivity contribution in [2.45, 2.75) is 46.9 Å². The predicted octanol–water partition coefficient (Wildman–Crippen LogP) is -0.880. The van der Waals surface area contributed by atoms with Crippen LogP contribution >= 0.6 is 26.7 Å². The van der Waals surface area contributed by atoms with E-state index >= 15 is 4.39 Å². The van der Waals surface area contributed by atoms with Gasteiger partial charge in [0.25, 0.3) is 5.56 Å². The summed E-state index contributed by atoms with van der Waals surface area (Å²) in [5.74, 6) is -0.0937. The number of hydrogen-bond acceptors (Lipinski definition) is 17. The number of aromatic nitrogens is 8. The molecule has 7 heterocycles. The van der Waals surface area contributed by atoms with E-state index in [1.807, 2.05) is 0 Å². The number of nitrogens with zero attached hydrogens (tertiary/aromatic N) is 7. The van der Waals surface area contributed by atoms with E-state index in [4.69, 9.17) is 46.3 Å². The summed E-state index contributed by atoms with van der Waals surface area (Å²) in [5, 5.41) is 7.79. The molecule has 2 unspecified atom stereocenters. The number of nitrogens with two attached hydrogens (primary N) is 2. The molecule has 7 rings (SSSR count). The molecule has 0 saturated carbocycles. The monoisotopic (exact) mass is 722 g/mol. The van der Waals surface area contributed by atoms with E-state index in [1.54, 1.807) is 0 Å². The minimum atomic E-state index is -4.34. The van der Waals surface area contributed by atoms with Crippen LogP contribution < -0.4 is 17.0 Å². The van der Waals surface area contributed by atoms with Crippen LogP contribution in [0.3, 0.4) is 0 Å². The van der Waals surface area contributed by atoms with Crippen molar-refractivity contribution in [2.24, 2.45) is 0 Å². The van der Waals surface area contributed by atoms with Crippen molar-refractivity contribution in [3.05, 3.63) is 29.3 Å². The number of alkyl halides is 1. The van der Waals surface area contributed by atoms with E-state index in [1.165, 1.54) is 28.1 Å². The van der Waals surface area contributed by atoms with Gasteiger partial charge < -0.3 is 44.9 Å². The van der Waals surface area contributed by atoms with E-state index in [-0.39, 0.29) is 40.7 Å². The Morgan fingerprint density at radius 2 is 2.00 bits per heavy atom. The molecule has 0 radical (unpaired) electrons. The molecule has 2 bridgehead atoms. The van der Waals surface area contributed by atoms with Crippen molar-refractivity contribution in [2.75, 3.05) is 31.3 Å². The standard InChI is InChI=1S/C21H25FN10O10P2S2/c22-8-7(1-33)46-19(32-6-28-10-16(32)29-20(24)30-17(10)34)11(8)42-44(37,45)39-3-21-2-38-12(13(21)41-43(35)36)18(40-21)31-5-27-9-14(23)25-4-26-15(9)31/h4-8,11-13,18-19,33,43H,1-3H2,(H,35,36)(H,37,45)(H2,23,25,26)(H3,24,29,30,34)/t7-,8+,11-,12-,13+,18-,19-,21-,44?/m1/s1. The summed E-state index contributed by atoms with van der Waals surface area (Å²) in [6.45, 7) is -5.69. The lowest BCUT2D eigenvalue weighted by molar-refractivity contribution is -0.183. The van der Waals surface area contributed by atoms with Gasteiger partial charge in [0.1, 0.15) is 47.3 Å². The fraction of sp³-hybridized carbons (Fsp3) is 0.524. The molecule has 8 N–H and O–H groups in total. The second-order valence-corrected chi connectivity index (χ2v) is 15.4. The molecule has 4 aromatic rings. The number of aromatic amines is 1. The van der Waals surface area contributed by atoms with E-state index in [2.05, 4.69) is 29.9 Å². The van der Waals surface area contributed by atoms with Crippen molar-refractivity contribution < 1.29 is 46.9 Å². The molecule has 248 valence electrons. The summed E-state index contributed by atoms with van der Waals surface area (Å²) >= 11 is 6.21. The maximum Gasteiger partial charge on any atom is 0.325 e. The third kappa shape index (κ3) is 5.33. The zero-order chi connectivity index (χ0) is 32.5. The normalized spacial score (nSPS) is 32.8. The maximum absolute atomic E-state index is 15.6. The zero-order valence-electron chi connectivity index (χ0n) is 23.0. The Kier molecular flexibility index (Phi) is 8.18. The third-order valence-electron chi connectivity index (χ3n) is 7.76. The number of halogens is 1. The van der Waals surface area contributed by atoms with Crippen LogP contribution in [0.4, 0.5) is 16.2 Å². The van der Waals surface area contributed by atoms with Crippen molar-refractivity contribution in [1.29, 1.82) is 0 Å². The Hall–Kier alpha value is -2.66. The molecule has 0 spiro atoms. The Morgan fingerprint density at radius 3 is 2.76 bits per heavy atom. The van der Waals surface area contributed by atoms with E-state index in [9.17, 15) is 24.3 Å². The van der Waals surface area contributed by atoms with Gasteiger partial charge in [-0.15, -0.1) is 11.8 Å².